The maximum absolute atomic E-state index is 2.59. The fraction of sp³-hybridized carbons (Fsp3) is 0.368. The van der Waals surface area contributed by atoms with E-state index < -0.39 is 0 Å². The van der Waals surface area contributed by atoms with Gasteiger partial charge in [-0.3, -0.25) is 9.80 Å². The summed E-state index contributed by atoms with van der Waals surface area (Å²) in [6.07, 6.45) is 0. The summed E-state index contributed by atoms with van der Waals surface area (Å²) in [5, 5.41) is 0. The highest BCUT2D eigenvalue weighted by Crippen LogP contribution is 2.21. The third-order valence-corrected chi connectivity index (χ3v) is 4.49. The summed E-state index contributed by atoms with van der Waals surface area (Å²) < 4.78 is 0. The third-order valence-electron chi connectivity index (χ3n) is 4.49. The van der Waals surface area contributed by atoms with E-state index in [4.69, 9.17) is 0 Å². The molecule has 3 heteroatoms. The molecule has 2 nitrogen and oxygen atoms in total. The minimum absolute atomic E-state index is 0. The van der Waals surface area contributed by atoms with Gasteiger partial charge in [0.2, 0.25) is 0 Å². The van der Waals surface area contributed by atoms with Gasteiger partial charge in [0.05, 0.1) is 0 Å². The van der Waals surface area contributed by atoms with Gasteiger partial charge in [-0.1, -0.05) is 60.7 Å². The van der Waals surface area contributed by atoms with E-state index in [2.05, 4.69) is 77.4 Å². The Morgan fingerprint density at radius 3 is 1.95 bits per heavy atom. The van der Waals surface area contributed by atoms with Crippen LogP contribution < -0.4 is 0 Å². The van der Waals surface area contributed by atoms with Crippen LogP contribution in [0.3, 0.4) is 0 Å². The third kappa shape index (κ3) is 4.42. The first-order valence-corrected chi connectivity index (χ1v) is 7.88. The molecule has 1 unspecified atom stereocenters. The van der Waals surface area contributed by atoms with Crippen LogP contribution in [0.1, 0.15) is 24.1 Å². The molecule has 3 rings (SSSR count). The van der Waals surface area contributed by atoms with Crippen molar-refractivity contribution in [3.8, 4) is 0 Å². The lowest BCUT2D eigenvalue weighted by atomic mass is 10.1. The first-order valence-electron chi connectivity index (χ1n) is 7.88. The highest BCUT2D eigenvalue weighted by molar-refractivity contribution is 8.93. The second-order valence-electron chi connectivity index (χ2n) is 5.88. The van der Waals surface area contributed by atoms with Gasteiger partial charge in [-0.25, -0.2) is 0 Å². The molecule has 118 valence electrons. The summed E-state index contributed by atoms with van der Waals surface area (Å²) in [5.41, 5.74) is 2.84. The number of nitrogens with zero attached hydrogens (tertiary/aromatic N) is 2. The van der Waals surface area contributed by atoms with Crippen molar-refractivity contribution in [2.75, 3.05) is 26.2 Å². The van der Waals surface area contributed by atoms with Gasteiger partial charge in [-0.2, -0.15) is 0 Å². The molecule has 0 spiro atoms. The van der Waals surface area contributed by atoms with Crippen LogP contribution >= 0.6 is 17.0 Å². The summed E-state index contributed by atoms with van der Waals surface area (Å²) in [6, 6.07) is 22.1. The van der Waals surface area contributed by atoms with Gasteiger partial charge in [0, 0.05) is 38.8 Å². The Morgan fingerprint density at radius 1 is 0.818 bits per heavy atom. The lowest BCUT2D eigenvalue weighted by Crippen LogP contribution is -2.46. The van der Waals surface area contributed by atoms with Gasteiger partial charge in [-0.05, 0) is 18.1 Å². The first kappa shape index (κ1) is 17.2. The van der Waals surface area contributed by atoms with Crippen molar-refractivity contribution in [3.63, 3.8) is 0 Å². The Labute approximate surface area is 144 Å². The molecule has 1 saturated heterocycles. The zero-order valence-corrected chi connectivity index (χ0v) is 14.9. The number of rotatable bonds is 4. The zero-order chi connectivity index (χ0) is 14.5. The highest BCUT2D eigenvalue weighted by atomic mass is 79.9. The molecule has 1 aliphatic heterocycles. The van der Waals surface area contributed by atoms with E-state index in [1.165, 1.54) is 11.1 Å². The fourth-order valence-electron chi connectivity index (χ4n) is 3.09. The molecular formula is C19H25BrN2. The van der Waals surface area contributed by atoms with E-state index in [9.17, 15) is 0 Å². The molecular weight excluding hydrogens is 336 g/mol. The maximum Gasteiger partial charge on any atom is 0.0320 e. The second kappa shape index (κ2) is 8.47. The molecule has 0 N–H and O–H groups in total. The number of hydrogen-bond acceptors (Lipinski definition) is 2. The van der Waals surface area contributed by atoms with Gasteiger partial charge >= 0.3 is 0 Å². The van der Waals surface area contributed by atoms with Crippen LogP contribution in [0.15, 0.2) is 60.7 Å². The maximum atomic E-state index is 2.59. The Balaban J connectivity index is 0.00000176. The van der Waals surface area contributed by atoms with Crippen LogP contribution in [0.25, 0.3) is 0 Å². The van der Waals surface area contributed by atoms with E-state index in [0.29, 0.717) is 6.04 Å². The van der Waals surface area contributed by atoms with Crippen LogP contribution in [0.5, 0.6) is 0 Å². The second-order valence-corrected chi connectivity index (χ2v) is 5.88. The summed E-state index contributed by atoms with van der Waals surface area (Å²) in [6.45, 7) is 8.03. The summed E-state index contributed by atoms with van der Waals surface area (Å²) in [7, 11) is 0. The predicted octanol–water partition coefficient (Wildman–Crippen LogP) is 4.14. The molecule has 1 fully saturated rings. The van der Waals surface area contributed by atoms with Crippen LogP contribution in [0.4, 0.5) is 0 Å². The van der Waals surface area contributed by atoms with E-state index in [1.54, 1.807) is 0 Å². The monoisotopic (exact) mass is 360 g/mol. The number of benzene rings is 2. The molecule has 1 aliphatic rings. The average Bonchev–Trinajstić information content (AvgIpc) is 2.57. The normalized spacial score (nSPS) is 17.7. The molecule has 2 aromatic rings. The van der Waals surface area contributed by atoms with Gasteiger partial charge in [0.25, 0.3) is 0 Å². The zero-order valence-electron chi connectivity index (χ0n) is 13.2. The number of piperazine rings is 1. The smallest absolute Gasteiger partial charge is 0.0320 e. The van der Waals surface area contributed by atoms with Crippen LogP contribution in [0, 0.1) is 0 Å². The molecule has 0 amide bonds. The molecule has 22 heavy (non-hydrogen) atoms. The highest BCUT2D eigenvalue weighted by Gasteiger charge is 2.21. The Morgan fingerprint density at radius 2 is 1.36 bits per heavy atom. The van der Waals surface area contributed by atoms with E-state index in [0.717, 1.165) is 32.7 Å². The average molecular weight is 361 g/mol. The summed E-state index contributed by atoms with van der Waals surface area (Å²) in [4.78, 5) is 5.15. The largest absolute Gasteiger partial charge is 0.297 e. The van der Waals surface area contributed by atoms with Gasteiger partial charge in [0.1, 0.15) is 0 Å². The Bertz CT molecular complexity index is 536. The lowest BCUT2D eigenvalue weighted by molar-refractivity contribution is 0.0978. The Hall–Kier alpha value is -1.16. The number of halogens is 1. The van der Waals surface area contributed by atoms with Crippen LogP contribution in [-0.4, -0.2) is 36.0 Å². The molecule has 0 saturated carbocycles. The van der Waals surface area contributed by atoms with E-state index >= 15 is 0 Å². The number of hydrogen-bond donors (Lipinski definition) is 0. The van der Waals surface area contributed by atoms with Crippen molar-refractivity contribution in [3.05, 3.63) is 71.8 Å². The molecule has 0 aromatic heterocycles. The SMILES string of the molecule is Br.CC(c1ccccc1)N1CCN(Cc2ccccc2)CC1. The summed E-state index contributed by atoms with van der Waals surface area (Å²) in [5.74, 6) is 0. The quantitative estimate of drug-likeness (QED) is 0.808. The van der Waals surface area contributed by atoms with Gasteiger partial charge < -0.3 is 0 Å². The lowest BCUT2D eigenvalue weighted by Gasteiger charge is -2.38. The van der Waals surface area contributed by atoms with Gasteiger partial charge in [-0.15, -0.1) is 17.0 Å². The minimum Gasteiger partial charge on any atom is -0.297 e. The van der Waals surface area contributed by atoms with E-state index in [-0.39, 0.29) is 17.0 Å². The molecule has 2 aromatic carbocycles. The van der Waals surface area contributed by atoms with E-state index in [1.807, 2.05) is 0 Å². The van der Waals surface area contributed by atoms with Crippen molar-refractivity contribution < 1.29 is 0 Å². The molecule has 1 atom stereocenters. The van der Waals surface area contributed by atoms with Crippen molar-refractivity contribution in [1.82, 2.24) is 9.80 Å². The fourth-order valence-corrected chi connectivity index (χ4v) is 3.09. The van der Waals surface area contributed by atoms with Gasteiger partial charge in [0.15, 0.2) is 0 Å². The Kier molecular flexibility index (Phi) is 6.62. The standard InChI is InChI=1S/C19H24N2.BrH/c1-17(19-10-6-3-7-11-19)21-14-12-20(13-15-21)16-18-8-4-2-5-9-18;/h2-11,17H,12-16H2,1H3;1H. The van der Waals surface area contributed by atoms with Crippen molar-refractivity contribution in [1.29, 1.82) is 0 Å². The molecule has 0 bridgehead atoms. The van der Waals surface area contributed by atoms with Crippen molar-refractivity contribution in [2.45, 2.75) is 19.5 Å². The minimum atomic E-state index is 0. The van der Waals surface area contributed by atoms with Crippen molar-refractivity contribution in [2.24, 2.45) is 0 Å². The predicted molar refractivity (Wildman–Crippen MR) is 98.5 cm³/mol. The van der Waals surface area contributed by atoms with Crippen LogP contribution in [-0.2, 0) is 6.54 Å². The molecule has 0 radical (unpaired) electrons. The molecule has 0 aliphatic carbocycles. The molecule has 1 heterocycles. The topological polar surface area (TPSA) is 6.48 Å². The first-order chi connectivity index (χ1) is 10.3. The summed E-state index contributed by atoms with van der Waals surface area (Å²) >= 11 is 0. The van der Waals surface area contributed by atoms with Crippen molar-refractivity contribution >= 4 is 17.0 Å². The van der Waals surface area contributed by atoms with Crippen LogP contribution in [0.2, 0.25) is 0 Å².